The predicted molar refractivity (Wildman–Crippen MR) is 112 cm³/mol. The fraction of sp³-hybridized carbons (Fsp3) is 0.182. The minimum atomic E-state index is -0.808. The van der Waals surface area contributed by atoms with Gasteiger partial charge in [0.05, 0.1) is 20.3 Å². The van der Waals surface area contributed by atoms with Crippen LogP contribution >= 0.6 is 11.8 Å². The monoisotopic (exact) mass is 409 g/mol. The molecule has 0 spiro atoms. The van der Waals surface area contributed by atoms with Gasteiger partial charge in [-0.25, -0.2) is 0 Å². The van der Waals surface area contributed by atoms with Gasteiger partial charge in [-0.3, -0.25) is 14.5 Å². The molecule has 2 aromatic rings. The molecule has 1 amide bonds. The summed E-state index contributed by atoms with van der Waals surface area (Å²) in [5.41, 5.74) is 1.88. The van der Waals surface area contributed by atoms with Gasteiger partial charge in [0, 0.05) is 16.2 Å². The summed E-state index contributed by atoms with van der Waals surface area (Å²) < 4.78 is 10.1. The van der Waals surface area contributed by atoms with Crippen LogP contribution in [0.2, 0.25) is 0 Å². The van der Waals surface area contributed by atoms with Crippen molar-refractivity contribution < 1.29 is 24.2 Å². The fourth-order valence-corrected chi connectivity index (χ4v) is 4.83. The van der Waals surface area contributed by atoms with Crippen molar-refractivity contribution in [2.75, 3.05) is 19.1 Å². The lowest BCUT2D eigenvalue weighted by Gasteiger charge is -2.31. The van der Waals surface area contributed by atoms with E-state index in [1.165, 1.54) is 23.8 Å². The number of thioether (sulfide) groups is 1. The smallest absolute Gasteiger partial charge is 0.323 e. The van der Waals surface area contributed by atoms with Gasteiger partial charge in [0.1, 0.15) is 11.0 Å². The zero-order chi connectivity index (χ0) is 20.5. The van der Waals surface area contributed by atoms with E-state index < -0.39 is 28.9 Å². The van der Waals surface area contributed by atoms with E-state index in [1.807, 2.05) is 36.4 Å². The number of amides is 1. The van der Waals surface area contributed by atoms with E-state index in [2.05, 4.69) is 0 Å². The first-order valence-corrected chi connectivity index (χ1v) is 9.85. The Morgan fingerprint density at radius 2 is 1.76 bits per heavy atom. The van der Waals surface area contributed by atoms with E-state index in [4.69, 9.17) is 9.47 Å². The minimum Gasteiger partial charge on any atom is -0.503 e. The highest BCUT2D eigenvalue weighted by atomic mass is 32.2. The van der Waals surface area contributed by atoms with E-state index in [-0.39, 0.29) is 0 Å². The maximum Gasteiger partial charge on any atom is 0.323 e. The van der Waals surface area contributed by atoms with Crippen LogP contribution in [0, 0.1) is 0 Å². The van der Waals surface area contributed by atoms with Crippen LogP contribution in [0.5, 0.6) is 5.75 Å². The standard InChI is InChI=1S/C22H19NO5S/c1-27-15-10-8-14(9-11-15)23-16-12-17(13-6-4-3-5-7-13)29-20(22(26)28-2)18(16)19(24)21(23)25/h3-12,16,20,24H,1-2H3. The Morgan fingerprint density at radius 3 is 2.38 bits per heavy atom. The molecule has 0 aromatic heterocycles. The highest BCUT2D eigenvalue weighted by molar-refractivity contribution is 8.09. The molecule has 29 heavy (non-hydrogen) atoms. The van der Waals surface area contributed by atoms with Gasteiger partial charge in [0.25, 0.3) is 5.91 Å². The molecule has 1 N–H and O–H groups in total. The van der Waals surface area contributed by atoms with E-state index in [9.17, 15) is 14.7 Å². The summed E-state index contributed by atoms with van der Waals surface area (Å²) in [6.45, 7) is 0. The molecule has 0 saturated heterocycles. The Bertz CT molecular complexity index is 1010. The molecular weight excluding hydrogens is 390 g/mol. The molecule has 2 aliphatic heterocycles. The summed E-state index contributed by atoms with van der Waals surface area (Å²) in [5, 5.41) is 9.80. The van der Waals surface area contributed by atoms with Crippen molar-refractivity contribution in [1.29, 1.82) is 0 Å². The number of aliphatic hydroxyl groups is 1. The number of hydrogen-bond donors (Lipinski definition) is 1. The molecule has 0 saturated carbocycles. The highest BCUT2D eigenvalue weighted by Crippen LogP contribution is 2.47. The molecule has 4 rings (SSSR count). The van der Waals surface area contributed by atoms with Gasteiger partial charge in [-0.05, 0) is 35.9 Å². The molecule has 6 nitrogen and oxygen atoms in total. The van der Waals surface area contributed by atoms with Crippen LogP contribution in [-0.2, 0) is 14.3 Å². The number of ether oxygens (including phenoxy) is 2. The Kier molecular flexibility index (Phi) is 5.07. The van der Waals surface area contributed by atoms with Crippen molar-refractivity contribution >= 4 is 34.2 Å². The second-order valence-corrected chi connectivity index (χ2v) is 7.69. The average Bonchev–Trinajstić information content (AvgIpc) is 3.03. The van der Waals surface area contributed by atoms with E-state index in [1.54, 1.807) is 31.4 Å². The molecule has 0 radical (unpaired) electrons. The lowest BCUT2D eigenvalue weighted by atomic mass is 10.0. The van der Waals surface area contributed by atoms with Gasteiger partial charge in [-0.15, -0.1) is 11.8 Å². The first-order valence-electron chi connectivity index (χ1n) is 8.97. The Hall–Kier alpha value is -3.19. The van der Waals surface area contributed by atoms with Crippen LogP contribution in [0.1, 0.15) is 5.56 Å². The second-order valence-electron chi connectivity index (χ2n) is 6.54. The molecule has 148 valence electrons. The van der Waals surface area contributed by atoms with Crippen LogP contribution in [0.15, 0.2) is 72.0 Å². The van der Waals surface area contributed by atoms with E-state index in [0.29, 0.717) is 17.0 Å². The van der Waals surface area contributed by atoms with Crippen molar-refractivity contribution in [3.63, 3.8) is 0 Å². The van der Waals surface area contributed by atoms with Gasteiger partial charge in [-0.2, -0.15) is 0 Å². The number of benzene rings is 2. The van der Waals surface area contributed by atoms with Gasteiger partial charge in [0.2, 0.25) is 0 Å². The lowest BCUT2D eigenvalue weighted by molar-refractivity contribution is -0.139. The molecular formula is C22H19NO5S. The number of nitrogens with zero attached hydrogens (tertiary/aromatic N) is 1. The van der Waals surface area contributed by atoms with Crippen LogP contribution in [0.4, 0.5) is 5.69 Å². The van der Waals surface area contributed by atoms with Crippen LogP contribution in [0.3, 0.4) is 0 Å². The molecule has 2 aliphatic rings. The Labute approximate surface area is 172 Å². The molecule has 2 atom stereocenters. The SMILES string of the molecule is COC(=O)C1SC(c2ccccc2)=CC2C1=C(O)C(=O)N2c1ccc(OC)cc1. The number of anilines is 1. The first-order chi connectivity index (χ1) is 14.0. The van der Waals surface area contributed by atoms with Crippen molar-refractivity contribution in [2.24, 2.45) is 0 Å². The highest BCUT2D eigenvalue weighted by Gasteiger charge is 2.48. The molecule has 2 heterocycles. The molecule has 2 unspecified atom stereocenters. The van der Waals surface area contributed by atoms with Crippen LogP contribution < -0.4 is 9.64 Å². The Balaban J connectivity index is 1.83. The van der Waals surface area contributed by atoms with Gasteiger partial charge >= 0.3 is 5.97 Å². The minimum absolute atomic E-state index is 0.349. The quantitative estimate of drug-likeness (QED) is 0.779. The number of rotatable bonds is 4. The number of esters is 1. The van der Waals surface area contributed by atoms with Crippen molar-refractivity contribution in [1.82, 2.24) is 0 Å². The molecule has 2 aromatic carbocycles. The zero-order valence-electron chi connectivity index (χ0n) is 15.9. The summed E-state index contributed by atoms with van der Waals surface area (Å²) in [6, 6.07) is 16.0. The predicted octanol–water partition coefficient (Wildman–Crippen LogP) is 3.55. The average molecular weight is 409 g/mol. The first kappa shape index (κ1) is 19.1. The normalized spacial score (nSPS) is 21.0. The second kappa shape index (κ2) is 7.67. The number of fused-ring (bicyclic) bond motifs is 1. The number of hydrogen-bond acceptors (Lipinski definition) is 6. The summed E-state index contributed by atoms with van der Waals surface area (Å²) in [4.78, 5) is 27.8. The van der Waals surface area contributed by atoms with Crippen LogP contribution in [0.25, 0.3) is 4.91 Å². The number of methoxy groups -OCH3 is 2. The van der Waals surface area contributed by atoms with Crippen molar-refractivity contribution in [3.05, 3.63) is 77.6 Å². The van der Waals surface area contributed by atoms with Gasteiger partial charge in [-0.1, -0.05) is 30.3 Å². The number of aliphatic hydroxyl groups excluding tert-OH is 1. The largest absolute Gasteiger partial charge is 0.503 e. The third-order valence-electron chi connectivity index (χ3n) is 4.95. The topological polar surface area (TPSA) is 76.1 Å². The molecule has 0 bridgehead atoms. The summed E-state index contributed by atoms with van der Waals surface area (Å²) in [5.74, 6) is -0.801. The summed E-state index contributed by atoms with van der Waals surface area (Å²) in [7, 11) is 2.86. The molecule has 0 fully saturated rings. The van der Waals surface area contributed by atoms with Crippen molar-refractivity contribution in [2.45, 2.75) is 11.3 Å². The number of carbonyl (C=O) groups excluding carboxylic acids is 2. The van der Waals surface area contributed by atoms with Gasteiger partial charge in [0.15, 0.2) is 5.76 Å². The van der Waals surface area contributed by atoms with Crippen LogP contribution in [-0.4, -0.2) is 42.5 Å². The number of carbonyl (C=O) groups is 2. The zero-order valence-corrected chi connectivity index (χ0v) is 16.7. The molecule has 7 heteroatoms. The Morgan fingerprint density at radius 1 is 1.07 bits per heavy atom. The van der Waals surface area contributed by atoms with E-state index >= 15 is 0 Å². The lowest BCUT2D eigenvalue weighted by Crippen LogP contribution is -2.39. The van der Waals surface area contributed by atoms with E-state index in [0.717, 1.165) is 10.5 Å². The fourth-order valence-electron chi connectivity index (χ4n) is 3.53. The molecule has 0 aliphatic carbocycles. The third-order valence-corrected chi connectivity index (χ3v) is 6.26. The summed E-state index contributed by atoms with van der Waals surface area (Å²) in [6.07, 6.45) is 1.90. The maximum absolute atomic E-state index is 12.9. The van der Waals surface area contributed by atoms with Crippen molar-refractivity contribution in [3.8, 4) is 5.75 Å². The maximum atomic E-state index is 12.9. The third kappa shape index (κ3) is 3.27. The van der Waals surface area contributed by atoms with Gasteiger partial charge < -0.3 is 14.6 Å². The summed E-state index contributed by atoms with van der Waals surface area (Å²) >= 11 is 1.27.